The van der Waals surface area contributed by atoms with Crippen molar-refractivity contribution in [1.29, 1.82) is 0 Å². The minimum Gasteiger partial charge on any atom is -0.368 e. The van der Waals surface area contributed by atoms with Gasteiger partial charge in [0.1, 0.15) is 32.7 Å². The van der Waals surface area contributed by atoms with Crippen molar-refractivity contribution in [3.63, 3.8) is 0 Å². The van der Waals surface area contributed by atoms with Crippen LogP contribution in [-0.2, 0) is 6.54 Å². The highest BCUT2D eigenvalue weighted by Crippen LogP contribution is 2.14. The number of nitrogens with one attached hydrogen (secondary N) is 3. The lowest BCUT2D eigenvalue weighted by Gasteiger charge is -2.26. The molecule has 0 amide bonds. The van der Waals surface area contributed by atoms with E-state index in [1.165, 1.54) is 23.6 Å². The van der Waals surface area contributed by atoms with Gasteiger partial charge in [0.2, 0.25) is 11.9 Å². The standard InChI is InChI=1S/C16H23N7/c1-12-3-5-13(6-4-12)18-16-20-14(19-15(17)21-16)11-23-9-7-22(2)8-10-23/h3-6H,7-11H2,1-2H3,(H3,17,18,19,20,21)/p+2. The van der Waals surface area contributed by atoms with Crippen molar-refractivity contribution in [2.75, 3.05) is 44.3 Å². The van der Waals surface area contributed by atoms with Crippen molar-refractivity contribution in [3.8, 4) is 0 Å². The van der Waals surface area contributed by atoms with Crippen molar-refractivity contribution in [2.24, 2.45) is 0 Å². The van der Waals surface area contributed by atoms with Gasteiger partial charge in [-0.2, -0.15) is 15.0 Å². The van der Waals surface area contributed by atoms with Crippen LogP contribution < -0.4 is 20.9 Å². The number of hydrogen-bond donors (Lipinski definition) is 4. The maximum absolute atomic E-state index is 5.85. The Hall–Kier alpha value is -2.25. The average Bonchev–Trinajstić information content (AvgIpc) is 2.51. The van der Waals surface area contributed by atoms with Crippen LogP contribution in [-0.4, -0.2) is 48.2 Å². The fourth-order valence-electron chi connectivity index (χ4n) is 2.77. The van der Waals surface area contributed by atoms with E-state index >= 15 is 0 Å². The van der Waals surface area contributed by atoms with Crippen LogP contribution in [0.5, 0.6) is 0 Å². The van der Waals surface area contributed by atoms with Crippen molar-refractivity contribution in [2.45, 2.75) is 13.5 Å². The van der Waals surface area contributed by atoms with E-state index in [1.54, 1.807) is 4.90 Å². The minimum absolute atomic E-state index is 0.267. The first-order valence-electron chi connectivity index (χ1n) is 8.07. The Labute approximate surface area is 136 Å². The summed E-state index contributed by atoms with van der Waals surface area (Å²) in [5.74, 6) is 1.53. The molecule has 3 rings (SSSR count). The van der Waals surface area contributed by atoms with E-state index in [-0.39, 0.29) is 5.95 Å². The number of piperazine rings is 1. The highest BCUT2D eigenvalue weighted by molar-refractivity contribution is 5.54. The second-order valence-electron chi connectivity index (χ2n) is 6.31. The Morgan fingerprint density at radius 2 is 1.74 bits per heavy atom. The fourth-order valence-corrected chi connectivity index (χ4v) is 2.77. The Morgan fingerprint density at radius 3 is 2.43 bits per heavy atom. The number of nitrogen functional groups attached to an aromatic ring is 1. The molecule has 0 radical (unpaired) electrons. The smallest absolute Gasteiger partial charge is 0.232 e. The van der Waals surface area contributed by atoms with Gasteiger partial charge in [-0.15, -0.1) is 0 Å². The van der Waals surface area contributed by atoms with Gasteiger partial charge >= 0.3 is 0 Å². The number of quaternary nitrogens is 2. The zero-order valence-electron chi connectivity index (χ0n) is 13.8. The van der Waals surface area contributed by atoms with Crippen LogP contribution in [0.25, 0.3) is 0 Å². The molecule has 7 nitrogen and oxygen atoms in total. The van der Waals surface area contributed by atoms with Crippen LogP contribution in [0.2, 0.25) is 0 Å². The first kappa shape index (κ1) is 15.6. The van der Waals surface area contributed by atoms with E-state index < -0.39 is 0 Å². The molecule has 1 aromatic carbocycles. The molecule has 7 heteroatoms. The van der Waals surface area contributed by atoms with E-state index in [4.69, 9.17) is 5.73 Å². The maximum Gasteiger partial charge on any atom is 0.232 e. The van der Waals surface area contributed by atoms with E-state index in [0.717, 1.165) is 31.1 Å². The van der Waals surface area contributed by atoms with Crippen LogP contribution in [0.1, 0.15) is 11.4 Å². The molecular formula is C16H25N7+2. The summed E-state index contributed by atoms with van der Waals surface area (Å²) >= 11 is 0. The van der Waals surface area contributed by atoms with Gasteiger partial charge in [-0.1, -0.05) is 17.7 Å². The summed E-state index contributed by atoms with van der Waals surface area (Å²) in [5.41, 5.74) is 8.01. The molecule has 2 aromatic rings. The minimum atomic E-state index is 0.267. The topological polar surface area (TPSA) is 85.6 Å². The third kappa shape index (κ3) is 4.37. The molecule has 0 aliphatic carbocycles. The van der Waals surface area contributed by atoms with Crippen molar-refractivity contribution in [3.05, 3.63) is 35.7 Å². The molecule has 1 saturated heterocycles. The molecule has 1 aromatic heterocycles. The molecule has 0 atom stereocenters. The van der Waals surface area contributed by atoms with Gasteiger partial charge in [0, 0.05) is 5.69 Å². The third-order valence-corrected chi connectivity index (χ3v) is 4.23. The number of aryl methyl sites for hydroxylation is 1. The van der Waals surface area contributed by atoms with Crippen LogP contribution >= 0.6 is 0 Å². The SMILES string of the molecule is Cc1ccc(Nc2nc(N)nc(C[NH+]3CC[NH+](C)CC3)n2)cc1. The Kier molecular flexibility index (Phi) is 4.68. The van der Waals surface area contributed by atoms with E-state index in [2.05, 4.69) is 34.2 Å². The van der Waals surface area contributed by atoms with E-state index in [9.17, 15) is 0 Å². The monoisotopic (exact) mass is 315 g/mol. The number of anilines is 3. The molecular weight excluding hydrogens is 290 g/mol. The normalized spacial score (nSPS) is 21.1. The molecule has 0 bridgehead atoms. The second-order valence-corrected chi connectivity index (χ2v) is 6.31. The maximum atomic E-state index is 5.85. The predicted octanol–water partition coefficient (Wildman–Crippen LogP) is -1.58. The van der Waals surface area contributed by atoms with Gasteiger partial charge in [0.25, 0.3) is 0 Å². The molecule has 23 heavy (non-hydrogen) atoms. The molecule has 0 unspecified atom stereocenters. The van der Waals surface area contributed by atoms with Gasteiger partial charge in [0.15, 0.2) is 5.82 Å². The number of aromatic nitrogens is 3. The Morgan fingerprint density at radius 1 is 1.04 bits per heavy atom. The predicted molar refractivity (Wildman–Crippen MR) is 89.7 cm³/mol. The van der Waals surface area contributed by atoms with Gasteiger partial charge in [-0.05, 0) is 19.1 Å². The largest absolute Gasteiger partial charge is 0.368 e. The molecule has 1 aliphatic heterocycles. The highest BCUT2D eigenvalue weighted by atomic mass is 15.3. The van der Waals surface area contributed by atoms with E-state index in [0.29, 0.717) is 5.95 Å². The molecule has 0 saturated carbocycles. The lowest BCUT2D eigenvalue weighted by atomic mass is 10.2. The first-order valence-corrected chi connectivity index (χ1v) is 8.07. The summed E-state index contributed by atoms with van der Waals surface area (Å²) in [6, 6.07) is 8.10. The molecule has 1 fully saturated rings. The highest BCUT2D eigenvalue weighted by Gasteiger charge is 2.21. The zero-order valence-corrected chi connectivity index (χ0v) is 13.8. The third-order valence-electron chi connectivity index (χ3n) is 4.23. The summed E-state index contributed by atoms with van der Waals surface area (Å²) in [4.78, 5) is 16.1. The number of nitrogens with zero attached hydrogens (tertiary/aromatic N) is 3. The Balaban J connectivity index is 1.70. The quantitative estimate of drug-likeness (QED) is 0.547. The number of nitrogens with two attached hydrogens (primary N) is 1. The fraction of sp³-hybridized carbons (Fsp3) is 0.438. The van der Waals surface area contributed by atoms with Gasteiger partial charge in [0.05, 0.1) is 7.05 Å². The first-order chi connectivity index (χ1) is 11.1. The molecule has 0 spiro atoms. The number of hydrogen-bond acceptors (Lipinski definition) is 5. The second kappa shape index (κ2) is 6.89. The zero-order chi connectivity index (χ0) is 16.2. The van der Waals surface area contributed by atoms with Gasteiger partial charge in [-0.25, -0.2) is 0 Å². The summed E-state index contributed by atoms with van der Waals surface area (Å²) in [5, 5.41) is 3.20. The van der Waals surface area contributed by atoms with Crippen LogP contribution in [0.3, 0.4) is 0 Å². The van der Waals surface area contributed by atoms with E-state index in [1.807, 2.05) is 24.3 Å². The summed E-state index contributed by atoms with van der Waals surface area (Å²) in [7, 11) is 2.24. The Bertz CT molecular complexity index is 648. The van der Waals surface area contributed by atoms with Gasteiger partial charge in [-0.3, -0.25) is 0 Å². The van der Waals surface area contributed by atoms with Crippen LogP contribution in [0.4, 0.5) is 17.6 Å². The molecule has 2 heterocycles. The number of rotatable bonds is 4. The summed E-state index contributed by atoms with van der Waals surface area (Å²) in [6.45, 7) is 7.50. The molecule has 5 N–H and O–H groups in total. The van der Waals surface area contributed by atoms with Crippen molar-refractivity contribution < 1.29 is 9.80 Å². The van der Waals surface area contributed by atoms with Crippen LogP contribution in [0.15, 0.2) is 24.3 Å². The number of benzene rings is 1. The average molecular weight is 315 g/mol. The summed E-state index contributed by atoms with van der Waals surface area (Å²) < 4.78 is 0. The molecule has 1 aliphatic rings. The van der Waals surface area contributed by atoms with Crippen molar-refractivity contribution in [1.82, 2.24) is 15.0 Å². The summed E-state index contributed by atoms with van der Waals surface area (Å²) in [6.07, 6.45) is 0. The molecule has 122 valence electrons. The lowest BCUT2D eigenvalue weighted by Crippen LogP contribution is -3.26. The van der Waals surface area contributed by atoms with Crippen molar-refractivity contribution >= 4 is 17.6 Å². The lowest BCUT2D eigenvalue weighted by molar-refractivity contribution is -1.01. The van der Waals surface area contributed by atoms with Gasteiger partial charge < -0.3 is 20.9 Å². The number of likely N-dealkylation sites (N-methyl/N-ethyl adjacent to an activating group) is 1. The van der Waals surface area contributed by atoms with Crippen LogP contribution in [0, 0.1) is 6.92 Å².